The highest BCUT2D eigenvalue weighted by Crippen LogP contribution is 2.33. The van der Waals surface area contributed by atoms with Crippen LogP contribution in [0.3, 0.4) is 0 Å². The van der Waals surface area contributed by atoms with Gasteiger partial charge in [-0.15, -0.1) is 11.3 Å². The molecule has 0 spiro atoms. The second-order valence-corrected chi connectivity index (χ2v) is 7.54. The Kier molecular flexibility index (Phi) is 4.78. The lowest BCUT2D eigenvalue weighted by Crippen LogP contribution is -2.32. The highest BCUT2D eigenvalue weighted by atomic mass is 35.5. The molecule has 0 bridgehead atoms. The Morgan fingerprint density at radius 2 is 1.95 bits per heavy atom. The summed E-state index contributed by atoms with van der Waals surface area (Å²) >= 11 is 7.36. The van der Waals surface area contributed by atoms with E-state index in [1.165, 1.54) is 23.5 Å². The summed E-state index contributed by atoms with van der Waals surface area (Å²) in [5.74, 6) is -0.215. The summed E-state index contributed by atoms with van der Waals surface area (Å²) in [6.07, 6.45) is 1.66. The van der Waals surface area contributed by atoms with Crippen LogP contribution in [-0.4, -0.2) is 4.98 Å². The highest BCUT2D eigenvalue weighted by molar-refractivity contribution is 7.15. The van der Waals surface area contributed by atoms with E-state index in [0.717, 1.165) is 10.6 Å². The van der Waals surface area contributed by atoms with Crippen LogP contribution in [0.25, 0.3) is 0 Å². The number of thiazole rings is 1. The van der Waals surface area contributed by atoms with E-state index in [9.17, 15) is 4.39 Å². The van der Waals surface area contributed by atoms with Crippen molar-refractivity contribution in [3.05, 3.63) is 51.2 Å². The number of nitrogens with one attached hydrogen (secondary N) is 1. The minimum absolute atomic E-state index is 0.0128. The number of halogens is 2. The van der Waals surface area contributed by atoms with Crippen molar-refractivity contribution in [2.75, 3.05) is 0 Å². The molecular weight excluding hydrogens is 295 g/mol. The lowest BCUT2D eigenvalue weighted by atomic mass is 9.82. The molecule has 108 valence electrons. The molecule has 1 heterocycles. The molecule has 0 radical (unpaired) electrons. The summed E-state index contributed by atoms with van der Waals surface area (Å²) < 4.78 is 13.7. The summed E-state index contributed by atoms with van der Waals surface area (Å²) in [7, 11) is 0. The van der Waals surface area contributed by atoms with E-state index in [-0.39, 0.29) is 17.3 Å². The molecule has 1 atom stereocenters. The molecule has 1 aromatic carbocycles. The Hall–Kier alpha value is -0.970. The van der Waals surface area contributed by atoms with Crippen molar-refractivity contribution >= 4 is 22.9 Å². The van der Waals surface area contributed by atoms with Crippen LogP contribution >= 0.6 is 22.9 Å². The Morgan fingerprint density at radius 3 is 2.45 bits per heavy atom. The van der Waals surface area contributed by atoms with Gasteiger partial charge in [0.05, 0.1) is 6.20 Å². The molecule has 0 aliphatic rings. The number of rotatable bonds is 4. The van der Waals surface area contributed by atoms with Crippen LogP contribution in [0.15, 0.2) is 30.5 Å². The monoisotopic (exact) mass is 312 g/mol. The molecule has 20 heavy (non-hydrogen) atoms. The van der Waals surface area contributed by atoms with Gasteiger partial charge < -0.3 is 5.32 Å². The standard InChI is InChI=1S/C15H18ClFN2S/c1-15(2,3)14(10-4-6-11(17)7-5-10)19-9-13-18-8-12(16)20-13/h4-8,14,19H,9H2,1-3H3. The van der Waals surface area contributed by atoms with E-state index in [1.807, 2.05) is 12.1 Å². The highest BCUT2D eigenvalue weighted by Gasteiger charge is 2.26. The Morgan fingerprint density at radius 1 is 1.30 bits per heavy atom. The van der Waals surface area contributed by atoms with Gasteiger partial charge >= 0.3 is 0 Å². The Balaban J connectivity index is 2.14. The van der Waals surface area contributed by atoms with Crippen molar-refractivity contribution in [1.29, 1.82) is 0 Å². The number of nitrogens with zero attached hydrogens (tertiary/aromatic N) is 1. The smallest absolute Gasteiger partial charge is 0.123 e. The lowest BCUT2D eigenvalue weighted by molar-refractivity contribution is 0.271. The minimum Gasteiger partial charge on any atom is -0.303 e. The molecule has 5 heteroatoms. The largest absolute Gasteiger partial charge is 0.303 e. The number of benzene rings is 1. The summed E-state index contributed by atoms with van der Waals surface area (Å²) in [6, 6.07) is 6.76. The maximum Gasteiger partial charge on any atom is 0.123 e. The molecule has 0 saturated carbocycles. The zero-order valence-electron chi connectivity index (χ0n) is 11.8. The van der Waals surface area contributed by atoms with Gasteiger partial charge in [-0.3, -0.25) is 0 Å². The molecule has 1 N–H and O–H groups in total. The van der Waals surface area contributed by atoms with Crippen molar-refractivity contribution in [1.82, 2.24) is 10.3 Å². The third-order valence-corrected chi connectivity index (χ3v) is 4.17. The van der Waals surface area contributed by atoms with E-state index < -0.39 is 0 Å². The Labute approximate surface area is 128 Å². The van der Waals surface area contributed by atoms with Gasteiger partial charge in [0.15, 0.2) is 0 Å². The zero-order valence-corrected chi connectivity index (χ0v) is 13.4. The molecule has 1 aromatic heterocycles. The van der Waals surface area contributed by atoms with E-state index in [0.29, 0.717) is 10.9 Å². The van der Waals surface area contributed by atoms with E-state index >= 15 is 0 Å². The SMILES string of the molecule is CC(C)(C)C(NCc1ncc(Cl)s1)c1ccc(F)cc1. The molecule has 0 aliphatic carbocycles. The second kappa shape index (κ2) is 6.20. The number of hydrogen-bond donors (Lipinski definition) is 1. The topological polar surface area (TPSA) is 24.9 Å². The van der Waals surface area contributed by atoms with Gasteiger partial charge in [0.1, 0.15) is 15.2 Å². The maximum atomic E-state index is 13.1. The number of hydrogen-bond acceptors (Lipinski definition) is 3. The van der Waals surface area contributed by atoms with Gasteiger partial charge in [0, 0.05) is 12.6 Å². The molecular formula is C15H18ClFN2S. The van der Waals surface area contributed by atoms with Crippen LogP contribution in [-0.2, 0) is 6.54 Å². The van der Waals surface area contributed by atoms with Gasteiger partial charge in [-0.05, 0) is 23.1 Å². The third kappa shape index (κ3) is 4.01. The van der Waals surface area contributed by atoms with Crippen molar-refractivity contribution < 1.29 is 4.39 Å². The summed E-state index contributed by atoms with van der Waals surface area (Å²) in [6.45, 7) is 7.12. The molecule has 2 rings (SSSR count). The van der Waals surface area contributed by atoms with Crippen LogP contribution in [0.5, 0.6) is 0 Å². The first-order chi connectivity index (χ1) is 9.36. The molecule has 1 unspecified atom stereocenters. The van der Waals surface area contributed by atoms with Crippen LogP contribution < -0.4 is 5.32 Å². The first-order valence-electron chi connectivity index (χ1n) is 6.45. The lowest BCUT2D eigenvalue weighted by Gasteiger charge is -2.32. The fourth-order valence-electron chi connectivity index (χ4n) is 2.14. The van der Waals surface area contributed by atoms with Gasteiger partial charge in [-0.1, -0.05) is 44.5 Å². The predicted octanol–water partition coefficient (Wildman–Crippen LogP) is 4.81. The van der Waals surface area contributed by atoms with Gasteiger partial charge in [-0.2, -0.15) is 0 Å². The van der Waals surface area contributed by atoms with Crippen molar-refractivity contribution in [3.63, 3.8) is 0 Å². The average molecular weight is 313 g/mol. The minimum atomic E-state index is -0.215. The Bertz CT molecular complexity index is 560. The summed E-state index contributed by atoms with van der Waals surface area (Å²) in [5.41, 5.74) is 1.08. The van der Waals surface area contributed by atoms with E-state index in [4.69, 9.17) is 11.6 Å². The predicted molar refractivity (Wildman–Crippen MR) is 82.6 cm³/mol. The summed E-state index contributed by atoms with van der Waals surface area (Å²) in [5, 5.41) is 4.44. The van der Waals surface area contributed by atoms with Crippen molar-refractivity contribution in [2.45, 2.75) is 33.4 Å². The summed E-state index contributed by atoms with van der Waals surface area (Å²) in [4.78, 5) is 4.24. The van der Waals surface area contributed by atoms with E-state index in [1.54, 1.807) is 6.20 Å². The second-order valence-electron chi connectivity index (χ2n) is 5.79. The molecule has 0 aliphatic heterocycles. The van der Waals surface area contributed by atoms with E-state index in [2.05, 4.69) is 31.1 Å². The first kappa shape index (κ1) is 15.4. The fourth-order valence-corrected chi connectivity index (χ4v) is 3.05. The quantitative estimate of drug-likeness (QED) is 0.876. The van der Waals surface area contributed by atoms with Gasteiger partial charge in [0.25, 0.3) is 0 Å². The maximum absolute atomic E-state index is 13.1. The molecule has 2 aromatic rings. The van der Waals surface area contributed by atoms with Crippen LogP contribution in [0, 0.1) is 11.2 Å². The van der Waals surface area contributed by atoms with Crippen LogP contribution in [0.2, 0.25) is 4.34 Å². The third-order valence-electron chi connectivity index (χ3n) is 3.05. The van der Waals surface area contributed by atoms with Gasteiger partial charge in [0.2, 0.25) is 0 Å². The van der Waals surface area contributed by atoms with Crippen molar-refractivity contribution in [2.24, 2.45) is 5.41 Å². The van der Waals surface area contributed by atoms with Crippen molar-refractivity contribution in [3.8, 4) is 0 Å². The molecule has 0 amide bonds. The zero-order chi connectivity index (χ0) is 14.8. The van der Waals surface area contributed by atoms with Gasteiger partial charge in [-0.25, -0.2) is 9.37 Å². The fraction of sp³-hybridized carbons (Fsp3) is 0.400. The van der Waals surface area contributed by atoms with Crippen LogP contribution in [0.1, 0.15) is 37.4 Å². The normalized spacial score (nSPS) is 13.4. The molecule has 2 nitrogen and oxygen atoms in total. The molecule has 0 saturated heterocycles. The average Bonchev–Trinajstić information content (AvgIpc) is 2.76. The number of aromatic nitrogens is 1. The van der Waals surface area contributed by atoms with Crippen LogP contribution in [0.4, 0.5) is 4.39 Å². The molecule has 0 fully saturated rings. The first-order valence-corrected chi connectivity index (χ1v) is 7.65.